The summed E-state index contributed by atoms with van der Waals surface area (Å²) in [6.07, 6.45) is 3.01. The fourth-order valence-corrected chi connectivity index (χ4v) is 0.778. The molecule has 4 heteroatoms. The van der Waals surface area contributed by atoms with E-state index in [1.807, 2.05) is 36.6 Å². The fourth-order valence-electron chi connectivity index (χ4n) is 0.443. The van der Waals surface area contributed by atoms with Crippen molar-refractivity contribution in [3.63, 3.8) is 0 Å². The van der Waals surface area contributed by atoms with E-state index in [4.69, 9.17) is 11.1 Å². The van der Waals surface area contributed by atoms with Gasteiger partial charge in [-0.2, -0.15) is 0 Å². The minimum absolute atomic E-state index is 0.667. The van der Waals surface area contributed by atoms with E-state index in [1.54, 1.807) is 6.08 Å². The standard InChI is InChI=1S/C7H12IN3/c1-5(11-2)7(10)3-6(8)4-9/h3-4,9,11H,10H2,1-2H3/b6-3+,7-5-,9-4?. The Labute approximate surface area is 80.4 Å². The van der Waals surface area contributed by atoms with Crippen molar-refractivity contribution in [3.8, 4) is 0 Å². The second kappa shape index (κ2) is 5.17. The number of rotatable bonds is 3. The van der Waals surface area contributed by atoms with Gasteiger partial charge in [-0.25, -0.2) is 0 Å². The Hall–Kier alpha value is -0.520. The molecule has 0 radical (unpaired) electrons. The Morgan fingerprint density at radius 2 is 2.18 bits per heavy atom. The molecule has 0 fully saturated rings. The molecule has 0 atom stereocenters. The Morgan fingerprint density at radius 3 is 2.55 bits per heavy atom. The van der Waals surface area contributed by atoms with E-state index < -0.39 is 0 Å². The van der Waals surface area contributed by atoms with Crippen molar-refractivity contribution in [1.82, 2.24) is 5.32 Å². The first-order valence-corrected chi connectivity index (χ1v) is 4.21. The van der Waals surface area contributed by atoms with Gasteiger partial charge >= 0.3 is 0 Å². The molecule has 11 heavy (non-hydrogen) atoms. The molecule has 0 aromatic rings. The predicted octanol–water partition coefficient (Wildman–Crippen LogP) is 1.36. The van der Waals surface area contributed by atoms with Crippen LogP contribution in [0.15, 0.2) is 21.0 Å². The van der Waals surface area contributed by atoms with E-state index in [2.05, 4.69) is 5.32 Å². The van der Waals surface area contributed by atoms with Gasteiger partial charge in [-0.15, -0.1) is 0 Å². The normalized spacial score (nSPS) is 13.9. The molecule has 0 bridgehead atoms. The van der Waals surface area contributed by atoms with Crippen molar-refractivity contribution in [2.45, 2.75) is 6.92 Å². The average Bonchev–Trinajstić information content (AvgIpc) is 2.02. The highest BCUT2D eigenvalue weighted by Gasteiger charge is 1.91. The number of allylic oxidation sites excluding steroid dienone is 3. The molecule has 4 N–H and O–H groups in total. The summed E-state index contributed by atoms with van der Waals surface area (Å²) in [7, 11) is 1.81. The highest BCUT2D eigenvalue weighted by molar-refractivity contribution is 14.1. The summed E-state index contributed by atoms with van der Waals surface area (Å²) in [4.78, 5) is 0. The van der Waals surface area contributed by atoms with Crippen LogP contribution in [-0.4, -0.2) is 13.3 Å². The minimum atomic E-state index is 0.667. The highest BCUT2D eigenvalue weighted by atomic mass is 127. The van der Waals surface area contributed by atoms with Crippen molar-refractivity contribution in [2.75, 3.05) is 7.05 Å². The maximum Gasteiger partial charge on any atom is 0.0515 e. The van der Waals surface area contributed by atoms with E-state index in [0.29, 0.717) is 5.70 Å². The van der Waals surface area contributed by atoms with Crippen LogP contribution in [0.5, 0.6) is 0 Å². The van der Waals surface area contributed by atoms with Crippen LogP contribution in [0.4, 0.5) is 0 Å². The zero-order chi connectivity index (χ0) is 8.85. The molecule has 0 aromatic heterocycles. The quantitative estimate of drug-likeness (QED) is 0.410. The van der Waals surface area contributed by atoms with Gasteiger partial charge in [-0.1, -0.05) is 0 Å². The first-order valence-electron chi connectivity index (χ1n) is 3.13. The van der Waals surface area contributed by atoms with Gasteiger partial charge in [0.15, 0.2) is 0 Å². The Kier molecular flexibility index (Phi) is 4.93. The molecule has 0 aliphatic rings. The van der Waals surface area contributed by atoms with E-state index >= 15 is 0 Å². The second-order valence-electron chi connectivity index (χ2n) is 2.00. The number of halogens is 1. The molecule has 0 aromatic carbocycles. The third kappa shape index (κ3) is 4.02. The minimum Gasteiger partial charge on any atom is -0.397 e. The van der Waals surface area contributed by atoms with Crippen LogP contribution in [0.2, 0.25) is 0 Å². The number of hydrogen-bond donors (Lipinski definition) is 3. The maximum absolute atomic E-state index is 6.90. The lowest BCUT2D eigenvalue weighted by atomic mass is 10.3. The van der Waals surface area contributed by atoms with Crippen LogP contribution >= 0.6 is 22.6 Å². The van der Waals surface area contributed by atoms with Gasteiger partial charge in [0.2, 0.25) is 0 Å². The molecule has 0 saturated carbocycles. The summed E-state index contributed by atoms with van der Waals surface area (Å²) in [5.41, 5.74) is 7.22. The van der Waals surface area contributed by atoms with Crippen LogP contribution < -0.4 is 11.1 Å². The lowest BCUT2D eigenvalue weighted by molar-refractivity contribution is 0.963. The van der Waals surface area contributed by atoms with Crippen molar-refractivity contribution in [2.24, 2.45) is 5.73 Å². The molecule has 0 heterocycles. The Morgan fingerprint density at radius 1 is 1.64 bits per heavy atom. The number of nitrogens with two attached hydrogens (primary N) is 1. The molecular formula is C7H12IN3. The van der Waals surface area contributed by atoms with Crippen LogP contribution in [0, 0.1) is 5.41 Å². The summed E-state index contributed by atoms with van der Waals surface area (Å²) < 4.78 is 0.815. The van der Waals surface area contributed by atoms with Crippen LogP contribution in [0.25, 0.3) is 0 Å². The van der Waals surface area contributed by atoms with Gasteiger partial charge in [0.25, 0.3) is 0 Å². The second-order valence-corrected chi connectivity index (χ2v) is 3.25. The summed E-state index contributed by atoms with van der Waals surface area (Å²) in [5.74, 6) is 0. The molecule has 0 amide bonds. The first kappa shape index (κ1) is 10.5. The van der Waals surface area contributed by atoms with Crippen LogP contribution in [0.3, 0.4) is 0 Å². The summed E-state index contributed by atoms with van der Waals surface area (Å²) in [6.45, 7) is 1.89. The topological polar surface area (TPSA) is 61.9 Å². The van der Waals surface area contributed by atoms with Crippen LogP contribution in [-0.2, 0) is 0 Å². The third-order valence-corrected chi connectivity index (χ3v) is 1.86. The average molecular weight is 265 g/mol. The molecule has 0 saturated heterocycles. The molecule has 0 rings (SSSR count). The maximum atomic E-state index is 6.90. The van der Waals surface area contributed by atoms with Crippen molar-refractivity contribution < 1.29 is 0 Å². The zero-order valence-electron chi connectivity index (χ0n) is 6.61. The molecular weight excluding hydrogens is 253 g/mol. The monoisotopic (exact) mass is 265 g/mol. The van der Waals surface area contributed by atoms with Crippen molar-refractivity contribution >= 4 is 28.8 Å². The highest BCUT2D eigenvalue weighted by Crippen LogP contribution is 2.05. The van der Waals surface area contributed by atoms with Crippen molar-refractivity contribution in [3.05, 3.63) is 21.0 Å². The summed E-state index contributed by atoms with van der Waals surface area (Å²) in [5, 5.41) is 9.83. The smallest absolute Gasteiger partial charge is 0.0515 e. The zero-order valence-corrected chi connectivity index (χ0v) is 8.77. The van der Waals surface area contributed by atoms with Gasteiger partial charge in [-0.05, 0) is 35.6 Å². The molecule has 0 spiro atoms. The molecule has 0 unspecified atom stereocenters. The molecule has 62 valence electrons. The van der Waals surface area contributed by atoms with E-state index in [-0.39, 0.29) is 0 Å². The van der Waals surface area contributed by atoms with Crippen LogP contribution in [0.1, 0.15) is 6.92 Å². The predicted molar refractivity (Wildman–Crippen MR) is 56.8 cm³/mol. The lowest BCUT2D eigenvalue weighted by Crippen LogP contribution is -2.09. The van der Waals surface area contributed by atoms with E-state index in [1.165, 1.54) is 6.21 Å². The first-order chi connectivity index (χ1) is 5.11. The number of hydrogen-bond acceptors (Lipinski definition) is 3. The number of nitrogens with one attached hydrogen (secondary N) is 2. The van der Waals surface area contributed by atoms with Gasteiger partial charge in [0.1, 0.15) is 0 Å². The largest absolute Gasteiger partial charge is 0.397 e. The van der Waals surface area contributed by atoms with Gasteiger partial charge in [-0.3, -0.25) is 0 Å². The van der Waals surface area contributed by atoms with Gasteiger partial charge < -0.3 is 16.5 Å². The molecule has 3 nitrogen and oxygen atoms in total. The molecule has 0 aliphatic carbocycles. The SMILES string of the molecule is CN/C(C)=C(N)/C=C(/I)C=N. The van der Waals surface area contributed by atoms with Gasteiger partial charge in [0.05, 0.1) is 5.70 Å². The van der Waals surface area contributed by atoms with E-state index in [0.717, 1.165) is 9.28 Å². The fraction of sp³-hybridized carbons (Fsp3) is 0.286. The summed E-state index contributed by atoms with van der Waals surface area (Å²) in [6, 6.07) is 0. The summed E-state index contributed by atoms with van der Waals surface area (Å²) >= 11 is 2.05. The Balaban J connectivity index is 4.49. The Bertz CT molecular complexity index is 206. The lowest BCUT2D eigenvalue weighted by Gasteiger charge is -2.01. The van der Waals surface area contributed by atoms with Gasteiger partial charge in [0, 0.05) is 22.5 Å². The molecule has 0 aliphatic heterocycles. The van der Waals surface area contributed by atoms with E-state index in [9.17, 15) is 0 Å². The van der Waals surface area contributed by atoms with Crippen molar-refractivity contribution in [1.29, 1.82) is 5.41 Å². The third-order valence-electron chi connectivity index (χ3n) is 1.24.